The molecule has 2 amide bonds. The number of carbonyl (C=O) groups excluding carboxylic acids is 4. The molecule has 2 bridgehead atoms. The molecule has 1 aromatic heterocycles. The molecular formula is C35H24BrCl2N3O7. The molecule has 4 aromatic rings. The van der Waals surface area contributed by atoms with Crippen molar-refractivity contribution in [2.45, 2.75) is 20.3 Å². The lowest BCUT2D eigenvalue weighted by atomic mass is 9.82. The summed E-state index contributed by atoms with van der Waals surface area (Å²) in [6.45, 7) is 3.10. The molecule has 13 heteroatoms. The van der Waals surface area contributed by atoms with Crippen molar-refractivity contribution < 1.29 is 28.8 Å². The van der Waals surface area contributed by atoms with E-state index < -0.39 is 29.0 Å². The fraction of sp³-hybridized carbons (Fsp3) is 0.229. The molecule has 1 saturated heterocycles. The van der Waals surface area contributed by atoms with Gasteiger partial charge in [-0.15, -0.1) is 0 Å². The first-order chi connectivity index (χ1) is 22.8. The molecule has 7 rings (SSSR count). The number of fused-ring (bicyclic) bond motifs is 6. The van der Waals surface area contributed by atoms with Gasteiger partial charge in [-0.1, -0.05) is 47.0 Å². The van der Waals surface area contributed by atoms with E-state index in [1.54, 1.807) is 37.3 Å². The number of anilines is 1. The summed E-state index contributed by atoms with van der Waals surface area (Å²) in [6.07, 6.45) is 2.98. The van der Waals surface area contributed by atoms with Crippen molar-refractivity contribution in [3.63, 3.8) is 0 Å². The molecule has 48 heavy (non-hydrogen) atoms. The maximum absolute atomic E-state index is 13.5. The highest BCUT2D eigenvalue weighted by molar-refractivity contribution is 9.10. The minimum absolute atomic E-state index is 0.0396. The number of esters is 1. The zero-order valence-electron chi connectivity index (χ0n) is 25.3. The van der Waals surface area contributed by atoms with E-state index in [0.717, 1.165) is 12.5 Å². The SMILES string of the molecule is CC1=CC2CC1C1C(=O)N(c3ccc(-c4cc(C(=O)OCC(=O)c5ccc(Cl)c([N+](=O)[O-])c5)c5cc(Br)c(Cl)c(C)c5n4)cc3)C(=O)C21. The molecule has 10 nitrogen and oxygen atoms in total. The number of carbonyl (C=O) groups is 4. The molecule has 1 aliphatic heterocycles. The van der Waals surface area contributed by atoms with Gasteiger partial charge in [-0.25, -0.2) is 9.78 Å². The van der Waals surface area contributed by atoms with Gasteiger partial charge in [-0.3, -0.25) is 29.4 Å². The number of pyridine rings is 1. The lowest BCUT2D eigenvalue weighted by molar-refractivity contribution is -0.384. The molecule has 242 valence electrons. The number of hydrogen-bond acceptors (Lipinski definition) is 8. The largest absolute Gasteiger partial charge is 0.454 e. The molecule has 2 fully saturated rings. The Hall–Kier alpha value is -4.45. The van der Waals surface area contributed by atoms with Crippen LogP contribution in [0.3, 0.4) is 0 Å². The van der Waals surface area contributed by atoms with Crippen LogP contribution in [0.2, 0.25) is 10.0 Å². The number of nitrogens with zero attached hydrogens (tertiary/aromatic N) is 3. The fourth-order valence-corrected chi connectivity index (χ4v) is 8.06. The summed E-state index contributed by atoms with van der Waals surface area (Å²) in [5.74, 6) is -2.29. The number of hydrogen-bond donors (Lipinski definition) is 0. The normalized spacial score (nSPS) is 21.1. The number of imide groups is 1. The van der Waals surface area contributed by atoms with E-state index in [9.17, 15) is 29.3 Å². The van der Waals surface area contributed by atoms with Gasteiger partial charge < -0.3 is 4.74 Å². The summed E-state index contributed by atoms with van der Waals surface area (Å²) in [4.78, 5) is 69.9. The summed E-state index contributed by atoms with van der Waals surface area (Å²) >= 11 is 15.8. The average molecular weight is 749 g/mol. The smallest absolute Gasteiger partial charge is 0.339 e. The first kappa shape index (κ1) is 32.1. The Morgan fingerprint density at radius 3 is 2.46 bits per heavy atom. The minimum Gasteiger partial charge on any atom is -0.454 e. The van der Waals surface area contributed by atoms with Crippen LogP contribution in [0.1, 0.15) is 39.6 Å². The van der Waals surface area contributed by atoms with Gasteiger partial charge in [0.15, 0.2) is 6.61 Å². The van der Waals surface area contributed by atoms with Crippen molar-refractivity contribution in [2.75, 3.05) is 11.5 Å². The summed E-state index contributed by atoms with van der Waals surface area (Å²) in [5, 5.41) is 12.0. The van der Waals surface area contributed by atoms with E-state index in [2.05, 4.69) is 22.0 Å². The summed E-state index contributed by atoms with van der Waals surface area (Å²) < 4.78 is 5.93. The molecule has 0 N–H and O–H groups in total. The highest BCUT2D eigenvalue weighted by atomic mass is 79.9. The lowest BCUT2D eigenvalue weighted by Crippen LogP contribution is -2.32. The molecule has 0 radical (unpaired) electrons. The van der Waals surface area contributed by atoms with Gasteiger partial charge in [0.1, 0.15) is 5.02 Å². The molecule has 2 heterocycles. The average Bonchev–Trinajstić information content (AvgIpc) is 3.71. The Kier molecular flexibility index (Phi) is 7.97. The van der Waals surface area contributed by atoms with Crippen molar-refractivity contribution >= 4 is 85.0 Å². The monoisotopic (exact) mass is 747 g/mol. The number of rotatable bonds is 7. The first-order valence-electron chi connectivity index (χ1n) is 15.0. The molecule has 3 aliphatic rings. The Morgan fingerprint density at radius 1 is 1.04 bits per heavy atom. The van der Waals surface area contributed by atoms with Crippen LogP contribution in [0.5, 0.6) is 0 Å². The van der Waals surface area contributed by atoms with Gasteiger partial charge in [0, 0.05) is 27.1 Å². The highest BCUT2D eigenvalue weighted by Crippen LogP contribution is 2.56. The third kappa shape index (κ3) is 5.12. The van der Waals surface area contributed by atoms with Crippen LogP contribution in [0, 0.1) is 40.7 Å². The van der Waals surface area contributed by atoms with Crippen LogP contribution in [-0.4, -0.2) is 40.1 Å². The third-order valence-corrected chi connectivity index (χ3v) is 11.2. The molecule has 2 aliphatic carbocycles. The van der Waals surface area contributed by atoms with Crippen LogP contribution in [-0.2, 0) is 14.3 Å². The van der Waals surface area contributed by atoms with E-state index in [-0.39, 0.29) is 51.6 Å². The quantitative estimate of drug-likeness (QED) is 0.0464. The molecule has 1 saturated carbocycles. The second-order valence-corrected chi connectivity index (χ2v) is 13.8. The second kappa shape index (κ2) is 11.9. The summed E-state index contributed by atoms with van der Waals surface area (Å²) in [7, 11) is 0. The number of aryl methyl sites for hydroxylation is 1. The van der Waals surface area contributed by atoms with Crippen LogP contribution < -0.4 is 4.90 Å². The fourth-order valence-electron chi connectivity index (χ4n) is 7.21. The van der Waals surface area contributed by atoms with E-state index >= 15 is 0 Å². The number of ether oxygens (including phenoxy) is 1. The van der Waals surface area contributed by atoms with Crippen molar-refractivity contribution in [1.29, 1.82) is 0 Å². The van der Waals surface area contributed by atoms with Gasteiger partial charge in [0.05, 0.1) is 44.2 Å². The third-order valence-electron chi connectivity index (χ3n) is 9.54. The van der Waals surface area contributed by atoms with Crippen LogP contribution in [0.4, 0.5) is 11.4 Å². The van der Waals surface area contributed by atoms with Crippen molar-refractivity contribution in [2.24, 2.45) is 23.7 Å². The number of benzene rings is 3. The van der Waals surface area contributed by atoms with Gasteiger partial charge in [0.25, 0.3) is 5.69 Å². The van der Waals surface area contributed by atoms with Crippen LogP contribution in [0.15, 0.2) is 70.7 Å². The maximum Gasteiger partial charge on any atom is 0.339 e. The van der Waals surface area contributed by atoms with Crippen molar-refractivity contribution in [3.05, 3.63) is 108 Å². The number of halogens is 3. The van der Waals surface area contributed by atoms with E-state index in [0.29, 0.717) is 42.9 Å². The first-order valence-corrected chi connectivity index (χ1v) is 16.5. The Labute approximate surface area is 291 Å². The lowest BCUT2D eigenvalue weighted by Gasteiger charge is -2.19. The summed E-state index contributed by atoms with van der Waals surface area (Å²) in [6, 6.07) is 13.5. The number of allylic oxidation sites excluding steroid dienone is 2. The number of nitro groups is 1. The molecule has 0 spiro atoms. The van der Waals surface area contributed by atoms with E-state index in [1.807, 2.05) is 6.92 Å². The number of ketones is 1. The van der Waals surface area contributed by atoms with E-state index in [1.165, 1.54) is 28.7 Å². The van der Waals surface area contributed by atoms with Gasteiger partial charge in [-0.05, 0) is 90.0 Å². The maximum atomic E-state index is 13.5. The number of aromatic nitrogens is 1. The van der Waals surface area contributed by atoms with Crippen LogP contribution >= 0.6 is 39.1 Å². The molecule has 3 aromatic carbocycles. The Bertz CT molecular complexity index is 2170. The second-order valence-electron chi connectivity index (χ2n) is 12.2. The number of amides is 2. The Balaban J connectivity index is 1.19. The zero-order chi connectivity index (χ0) is 34.2. The predicted molar refractivity (Wildman–Crippen MR) is 182 cm³/mol. The van der Waals surface area contributed by atoms with Gasteiger partial charge >= 0.3 is 5.97 Å². The van der Waals surface area contributed by atoms with Crippen LogP contribution in [0.25, 0.3) is 22.2 Å². The van der Waals surface area contributed by atoms with Crippen molar-refractivity contribution in [3.8, 4) is 11.3 Å². The molecular weight excluding hydrogens is 725 g/mol. The molecule has 4 unspecified atom stereocenters. The molecule has 4 atom stereocenters. The van der Waals surface area contributed by atoms with E-state index in [4.69, 9.17) is 32.9 Å². The Morgan fingerprint density at radius 2 is 1.75 bits per heavy atom. The standard InChI is InChI=1S/C35H24BrCl2N3O7/c1-15-9-19-10-21(15)30-29(19)33(43)40(34(30)44)20-6-3-17(4-7-20)26-13-23(22-12-24(36)31(38)16(2)32(22)39-26)35(45)48-14-28(42)18-5-8-25(37)27(11-18)41(46)47/h3-9,11-13,19,21,29-30H,10,14H2,1-2H3. The number of nitro benzene ring substituents is 1. The minimum atomic E-state index is -0.830. The zero-order valence-corrected chi connectivity index (χ0v) is 28.4. The van der Waals surface area contributed by atoms with Crippen molar-refractivity contribution in [1.82, 2.24) is 4.98 Å². The highest BCUT2D eigenvalue weighted by Gasteiger charge is 2.60. The summed E-state index contributed by atoms with van der Waals surface area (Å²) in [5.41, 5.74) is 3.26. The topological polar surface area (TPSA) is 137 Å². The van der Waals surface area contributed by atoms with Gasteiger partial charge in [-0.2, -0.15) is 0 Å². The predicted octanol–water partition coefficient (Wildman–Crippen LogP) is 7.93. The number of Topliss-reactive ketones (excluding diaryl/α,β-unsaturated/α-hetero) is 1. The van der Waals surface area contributed by atoms with Gasteiger partial charge in [0.2, 0.25) is 17.6 Å².